The molecular weight excluding hydrogens is 316 g/mol. The Morgan fingerprint density at radius 2 is 2.08 bits per heavy atom. The molecule has 0 amide bonds. The van der Waals surface area contributed by atoms with Crippen LogP contribution in [0.1, 0.15) is 27.4 Å². The number of nitriles is 1. The fraction of sp³-hybridized carbons (Fsp3) is 0.105. The van der Waals surface area contributed by atoms with Gasteiger partial charge in [-0.1, -0.05) is 0 Å². The number of aryl methyl sites for hydroxylation is 1. The number of carbonyl (C=O) groups excluding carboxylic acids is 1. The highest BCUT2D eigenvalue weighted by molar-refractivity contribution is 5.95. The van der Waals surface area contributed by atoms with Crippen LogP contribution < -0.4 is 4.74 Å². The van der Waals surface area contributed by atoms with Gasteiger partial charge in [0.1, 0.15) is 23.3 Å². The molecule has 0 fully saturated rings. The lowest BCUT2D eigenvalue weighted by atomic mass is 10.1. The number of Topliss-reactive ketones (excluding diaryl/α,β-unsaturated/α-hetero) is 1. The molecule has 0 radical (unpaired) electrons. The fourth-order valence-electron chi connectivity index (χ4n) is 2.23. The van der Waals surface area contributed by atoms with Crippen molar-refractivity contribution < 1.29 is 9.53 Å². The molecule has 3 rings (SSSR count). The monoisotopic (exact) mass is 330 g/mol. The quantitative estimate of drug-likeness (QED) is 0.667. The number of hydrogen-bond acceptors (Lipinski definition) is 6. The van der Waals surface area contributed by atoms with Gasteiger partial charge in [0.25, 0.3) is 0 Å². The summed E-state index contributed by atoms with van der Waals surface area (Å²) in [7, 11) is 0. The van der Waals surface area contributed by atoms with E-state index in [1.54, 1.807) is 55.7 Å². The molecule has 3 aromatic heterocycles. The number of carbonyl (C=O) groups is 1. The second-order valence-corrected chi connectivity index (χ2v) is 5.37. The number of pyridine rings is 3. The number of nitrogens with zero attached hydrogens (tertiary/aromatic N) is 4. The molecule has 25 heavy (non-hydrogen) atoms. The van der Waals surface area contributed by atoms with E-state index in [1.807, 2.05) is 6.07 Å². The van der Waals surface area contributed by atoms with Crippen LogP contribution in [0.2, 0.25) is 0 Å². The van der Waals surface area contributed by atoms with E-state index in [1.165, 1.54) is 6.20 Å². The van der Waals surface area contributed by atoms with Crippen molar-refractivity contribution in [2.45, 2.75) is 13.3 Å². The molecule has 6 nitrogen and oxygen atoms in total. The Morgan fingerprint density at radius 1 is 1.20 bits per heavy atom. The van der Waals surface area contributed by atoms with Gasteiger partial charge in [-0.05, 0) is 31.2 Å². The normalized spacial score (nSPS) is 10.1. The minimum absolute atomic E-state index is 0.106. The summed E-state index contributed by atoms with van der Waals surface area (Å²) < 4.78 is 5.72. The molecule has 122 valence electrons. The Kier molecular flexibility index (Phi) is 4.77. The van der Waals surface area contributed by atoms with Crippen LogP contribution in [0.15, 0.2) is 55.0 Å². The van der Waals surface area contributed by atoms with Gasteiger partial charge in [-0.15, -0.1) is 0 Å². The maximum atomic E-state index is 12.5. The summed E-state index contributed by atoms with van der Waals surface area (Å²) in [5.74, 6) is 0.939. The highest BCUT2D eigenvalue weighted by atomic mass is 16.5. The molecule has 0 unspecified atom stereocenters. The van der Waals surface area contributed by atoms with Crippen molar-refractivity contribution in [3.8, 4) is 17.6 Å². The van der Waals surface area contributed by atoms with Crippen molar-refractivity contribution in [1.29, 1.82) is 5.26 Å². The van der Waals surface area contributed by atoms with E-state index in [-0.39, 0.29) is 12.2 Å². The summed E-state index contributed by atoms with van der Waals surface area (Å²) >= 11 is 0. The standard InChI is InChI=1S/C19H14N4O2/c1-13-7-17(25-16-3-2-6-21-12-16)9-18(23-13)19(24)8-15-5-4-14(10-20)11-22-15/h2-7,9,11-12H,8H2,1H3. The predicted octanol–water partition coefficient (Wildman–Crippen LogP) is 3.27. The molecule has 0 aliphatic carbocycles. The van der Waals surface area contributed by atoms with Crippen LogP contribution in [0.4, 0.5) is 0 Å². The summed E-state index contributed by atoms with van der Waals surface area (Å²) in [6.07, 6.45) is 4.81. The first-order chi connectivity index (χ1) is 12.1. The largest absolute Gasteiger partial charge is 0.456 e. The summed E-state index contributed by atoms with van der Waals surface area (Å²) in [5, 5.41) is 8.79. The fourth-order valence-corrected chi connectivity index (χ4v) is 2.23. The van der Waals surface area contributed by atoms with E-state index in [4.69, 9.17) is 10.00 Å². The molecule has 3 aromatic rings. The van der Waals surface area contributed by atoms with Crippen LogP contribution in [0.3, 0.4) is 0 Å². The lowest BCUT2D eigenvalue weighted by Gasteiger charge is -2.08. The zero-order valence-corrected chi connectivity index (χ0v) is 13.5. The molecule has 0 aromatic carbocycles. The van der Waals surface area contributed by atoms with Gasteiger partial charge in [0.05, 0.1) is 18.2 Å². The van der Waals surface area contributed by atoms with Crippen LogP contribution >= 0.6 is 0 Å². The van der Waals surface area contributed by atoms with E-state index in [0.29, 0.717) is 34.1 Å². The summed E-state index contributed by atoms with van der Waals surface area (Å²) in [6, 6.07) is 12.2. The van der Waals surface area contributed by atoms with Crippen LogP contribution in [-0.4, -0.2) is 20.7 Å². The van der Waals surface area contributed by atoms with Crippen LogP contribution in [0, 0.1) is 18.3 Å². The molecule has 0 aliphatic heterocycles. The van der Waals surface area contributed by atoms with E-state index in [9.17, 15) is 4.79 Å². The van der Waals surface area contributed by atoms with Gasteiger partial charge < -0.3 is 4.74 Å². The van der Waals surface area contributed by atoms with Crippen molar-refractivity contribution in [2.75, 3.05) is 0 Å². The van der Waals surface area contributed by atoms with Gasteiger partial charge in [0.15, 0.2) is 5.78 Å². The van der Waals surface area contributed by atoms with Gasteiger partial charge in [-0.2, -0.15) is 5.26 Å². The summed E-state index contributed by atoms with van der Waals surface area (Å²) in [5.41, 5.74) is 2.03. The molecule has 0 saturated heterocycles. The third-order valence-electron chi connectivity index (χ3n) is 3.38. The first-order valence-corrected chi connectivity index (χ1v) is 7.59. The number of ether oxygens (including phenoxy) is 1. The van der Waals surface area contributed by atoms with E-state index >= 15 is 0 Å². The summed E-state index contributed by atoms with van der Waals surface area (Å²) in [4.78, 5) is 24.9. The van der Waals surface area contributed by atoms with Crippen molar-refractivity contribution in [3.05, 3.63) is 77.6 Å². The summed E-state index contributed by atoms with van der Waals surface area (Å²) in [6.45, 7) is 1.80. The molecular formula is C19H14N4O2. The second kappa shape index (κ2) is 7.32. The Morgan fingerprint density at radius 3 is 2.76 bits per heavy atom. The Bertz CT molecular complexity index is 932. The highest BCUT2D eigenvalue weighted by Gasteiger charge is 2.12. The topological polar surface area (TPSA) is 88.8 Å². The third kappa shape index (κ3) is 4.24. The lowest BCUT2D eigenvalue weighted by Crippen LogP contribution is -2.08. The van der Waals surface area contributed by atoms with Crippen molar-refractivity contribution in [2.24, 2.45) is 0 Å². The minimum atomic E-state index is -0.169. The number of aromatic nitrogens is 3. The van der Waals surface area contributed by atoms with Gasteiger partial charge in [-0.3, -0.25) is 14.8 Å². The van der Waals surface area contributed by atoms with Crippen LogP contribution in [0.25, 0.3) is 0 Å². The molecule has 0 atom stereocenters. The Balaban J connectivity index is 1.79. The second-order valence-electron chi connectivity index (χ2n) is 5.37. The highest BCUT2D eigenvalue weighted by Crippen LogP contribution is 2.22. The SMILES string of the molecule is Cc1cc(Oc2cccnc2)cc(C(=O)Cc2ccc(C#N)cn2)n1. The van der Waals surface area contributed by atoms with E-state index in [0.717, 1.165) is 0 Å². The average Bonchev–Trinajstić information content (AvgIpc) is 2.62. The minimum Gasteiger partial charge on any atom is -0.456 e. The predicted molar refractivity (Wildman–Crippen MR) is 90.3 cm³/mol. The third-order valence-corrected chi connectivity index (χ3v) is 3.38. The average molecular weight is 330 g/mol. The Hall–Kier alpha value is -3.59. The maximum Gasteiger partial charge on any atom is 0.187 e. The van der Waals surface area contributed by atoms with Crippen molar-refractivity contribution >= 4 is 5.78 Å². The molecule has 0 aliphatic rings. The smallest absolute Gasteiger partial charge is 0.187 e. The van der Waals surface area contributed by atoms with Crippen LogP contribution in [0.5, 0.6) is 11.5 Å². The van der Waals surface area contributed by atoms with Crippen LogP contribution in [-0.2, 0) is 6.42 Å². The molecule has 3 heterocycles. The molecule has 6 heteroatoms. The zero-order valence-electron chi connectivity index (χ0n) is 13.5. The van der Waals surface area contributed by atoms with Crippen molar-refractivity contribution in [3.63, 3.8) is 0 Å². The van der Waals surface area contributed by atoms with Gasteiger partial charge in [0.2, 0.25) is 0 Å². The number of rotatable bonds is 5. The van der Waals surface area contributed by atoms with Gasteiger partial charge >= 0.3 is 0 Å². The van der Waals surface area contributed by atoms with E-state index < -0.39 is 0 Å². The zero-order chi connectivity index (χ0) is 17.6. The van der Waals surface area contributed by atoms with E-state index in [2.05, 4.69) is 15.0 Å². The molecule has 0 bridgehead atoms. The molecule has 0 N–H and O–H groups in total. The maximum absolute atomic E-state index is 12.5. The first kappa shape index (κ1) is 16.3. The lowest BCUT2D eigenvalue weighted by molar-refractivity contribution is 0.0986. The van der Waals surface area contributed by atoms with Gasteiger partial charge in [-0.25, -0.2) is 4.98 Å². The van der Waals surface area contributed by atoms with Crippen molar-refractivity contribution in [1.82, 2.24) is 15.0 Å². The first-order valence-electron chi connectivity index (χ1n) is 7.59. The number of hydrogen-bond donors (Lipinski definition) is 0. The van der Waals surface area contributed by atoms with Gasteiger partial charge in [0, 0.05) is 35.9 Å². The Labute approximate surface area is 144 Å². The number of ketones is 1. The molecule has 0 spiro atoms. The molecule has 0 saturated carbocycles.